The molecule has 112 valence electrons. The molecule has 1 aromatic carbocycles. The van der Waals surface area contributed by atoms with Crippen LogP contribution in [-0.4, -0.2) is 31.0 Å². The molecule has 1 saturated carbocycles. The fourth-order valence-corrected chi connectivity index (χ4v) is 5.14. The molecule has 3 unspecified atom stereocenters. The van der Waals surface area contributed by atoms with E-state index in [-0.39, 0.29) is 0 Å². The van der Waals surface area contributed by atoms with E-state index in [4.69, 9.17) is 4.74 Å². The Bertz CT molecular complexity index is 556. The predicted molar refractivity (Wildman–Crippen MR) is 81.4 cm³/mol. The summed E-state index contributed by atoms with van der Waals surface area (Å²) in [6.45, 7) is 0.952. The largest absolute Gasteiger partial charge is 0.497 e. The van der Waals surface area contributed by atoms with Gasteiger partial charge in [0.15, 0.2) is 0 Å². The molecule has 0 N–H and O–H groups in total. The average Bonchev–Trinajstić information content (AvgIpc) is 2.55. The van der Waals surface area contributed by atoms with Crippen LogP contribution < -0.4 is 4.74 Å². The van der Waals surface area contributed by atoms with Gasteiger partial charge in [0, 0.05) is 12.6 Å². The summed E-state index contributed by atoms with van der Waals surface area (Å²) in [5.74, 6) is 3.06. The van der Waals surface area contributed by atoms with E-state index < -0.39 is 0 Å². The molecule has 0 radical (unpaired) electrons. The van der Waals surface area contributed by atoms with Gasteiger partial charge in [0.2, 0.25) is 6.41 Å². The topological polar surface area (TPSA) is 29.5 Å². The Kier molecular flexibility index (Phi) is 3.16. The molecule has 3 heteroatoms. The van der Waals surface area contributed by atoms with Crippen molar-refractivity contribution in [2.45, 2.75) is 44.1 Å². The number of rotatable bonds is 2. The molecule has 3 nitrogen and oxygen atoms in total. The van der Waals surface area contributed by atoms with Crippen LogP contribution in [0.3, 0.4) is 0 Å². The van der Waals surface area contributed by atoms with Crippen LogP contribution in [0.1, 0.15) is 42.7 Å². The number of hydrogen-bond donors (Lipinski definition) is 0. The van der Waals surface area contributed by atoms with Gasteiger partial charge in [-0.15, -0.1) is 0 Å². The van der Waals surface area contributed by atoms with Crippen LogP contribution >= 0.6 is 0 Å². The third-order valence-electron chi connectivity index (χ3n) is 6.04. The minimum atomic E-state index is 0.424. The molecule has 4 atom stereocenters. The van der Waals surface area contributed by atoms with Crippen molar-refractivity contribution in [1.82, 2.24) is 4.90 Å². The lowest BCUT2D eigenvalue weighted by Crippen LogP contribution is -2.54. The van der Waals surface area contributed by atoms with E-state index >= 15 is 0 Å². The highest BCUT2D eigenvalue weighted by atomic mass is 16.5. The first kappa shape index (κ1) is 13.2. The lowest BCUT2D eigenvalue weighted by Gasteiger charge is -2.53. The monoisotopic (exact) mass is 285 g/mol. The predicted octanol–water partition coefficient (Wildman–Crippen LogP) is 2.98. The number of piperidine rings is 1. The smallest absolute Gasteiger partial charge is 0.209 e. The molecule has 0 aromatic heterocycles. The molecule has 1 saturated heterocycles. The summed E-state index contributed by atoms with van der Waals surface area (Å²) in [5.41, 5.74) is 2.92. The van der Waals surface area contributed by atoms with Crippen LogP contribution in [0.2, 0.25) is 0 Å². The number of carbonyl (C=O) groups is 1. The molecule has 1 aromatic rings. The van der Waals surface area contributed by atoms with Crippen LogP contribution in [0.5, 0.6) is 5.75 Å². The third kappa shape index (κ3) is 1.97. The van der Waals surface area contributed by atoms with E-state index in [0.29, 0.717) is 17.9 Å². The molecule has 1 heterocycles. The summed E-state index contributed by atoms with van der Waals surface area (Å²) in [6, 6.07) is 6.95. The lowest BCUT2D eigenvalue weighted by atomic mass is 9.59. The van der Waals surface area contributed by atoms with Crippen molar-refractivity contribution in [3.05, 3.63) is 29.3 Å². The van der Waals surface area contributed by atoms with Gasteiger partial charge in [-0.1, -0.05) is 12.5 Å². The molecule has 0 spiro atoms. The molecular weight excluding hydrogens is 262 g/mol. The second-order valence-corrected chi connectivity index (χ2v) is 6.84. The van der Waals surface area contributed by atoms with Gasteiger partial charge in [-0.05, 0) is 66.7 Å². The molecule has 2 fully saturated rings. The van der Waals surface area contributed by atoms with Crippen LogP contribution in [0, 0.1) is 11.8 Å². The SMILES string of the molecule is COc1ccc2c(c1)C1CCCC3CCN(C=O)[C@@H](C2)C31. The van der Waals surface area contributed by atoms with Crippen molar-refractivity contribution < 1.29 is 9.53 Å². The van der Waals surface area contributed by atoms with Gasteiger partial charge in [0.25, 0.3) is 0 Å². The van der Waals surface area contributed by atoms with E-state index in [1.807, 2.05) is 0 Å². The quantitative estimate of drug-likeness (QED) is 0.782. The molecule has 2 aliphatic carbocycles. The maximum atomic E-state index is 11.5. The zero-order valence-electron chi connectivity index (χ0n) is 12.6. The Balaban J connectivity index is 1.78. The highest BCUT2D eigenvalue weighted by Crippen LogP contribution is 2.52. The average molecular weight is 285 g/mol. The number of nitrogens with zero attached hydrogens (tertiary/aromatic N) is 1. The zero-order valence-corrected chi connectivity index (χ0v) is 12.6. The van der Waals surface area contributed by atoms with Gasteiger partial charge < -0.3 is 9.64 Å². The minimum absolute atomic E-state index is 0.424. The number of benzene rings is 1. The number of carbonyl (C=O) groups excluding carboxylic acids is 1. The summed E-state index contributed by atoms with van der Waals surface area (Å²) in [7, 11) is 1.74. The summed E-state index contributed by atoms with van der Waals surface area (Å²) in [4.78, 5) is 13.5. The van der Waals surface area contributed by atoms with Gasteiger partial charge in [-0.3, -0.25) is 4.79 Å². The standard InChI is InChI=1S/C18H23NO2/c1-21-14-6-5-13-9-17-18-12(7-8-19(17)11-20)3-2-4-15(18)16(13)10-14/h5-6,10-12,15,17-18H,2-4,7-9H2,1H3/t12?,15?,17-,18?/m0/s1. The number of amides is 1. The molecule has 3 aliphatic rings. The van der Waals surface area contributed by atoms with Crippen LogP contribution in [0.4, 0.5) is 0 Å². The zero-order chi connectivity index (χ0) is 14.4. The van der Waals surface area contributed by atoms with Crippen molar-refractivity contribution >= 4 is 6.41 Å². The van der Waals surface area contributed by atoms with Crippen molar-refractivity contribution in [3.8, 4) is 5.75 Å². The fraction of sp³-hybridized carbons (Fsp3) is 0.611. The molecular formula is C18H23NO2. The molecule has 4 rings (SSSR count). The number of hydrogen-bond acceptors (Lipinski definition) is 2. The minimum Gasteiger partial charge on any atom is -0.497 e. The van der Waals surface area contributed by atoms with Gasteiger partial charge >= 0.3 is 0 Å². The van der Waals surface area contributed by atoms with E-state index in [1.165, 1.54) is 36.8 Å². The summed E-state index contributed by atoms with van der Waals surface area (Å²) < 4.78 is 5.43. The van der Waals surface area contributed by atoms with Crippen LogP contribution in [0.25, 0.3) is 0 Å². The number of fused-ring (bicyclic) bond motifs is 2. The number of likely N-dealkylation sites (tertiary alicyclic amines) is 1. The van der Waals surface area contributed by atoms with E-state index in [1.54, 1.807) is 7.11 Å². The number of methoxy groups -OCH3 is 1. The molecule has 0 bridgehead atoms. The first-order valence-electron chi connectivity index (χ1n) is 8.19. The second kappa shape index (κ2) is 5.04. The van der Waals surface area contributed by atoms with E-state index in [9.17, 15) is 4.79 Å². The van der Waals surface area contributed by atoms with Crippen molar-refractivity contribution in [1.29, 1.82) is 0 Å². The maximum Gasteiger partial charge on any atom is 0.209 e. The highest BCUT2D eigenvalue weighted by Gasteiger charge is 2.47. The Morgan fingerprint density at radius 3 is 3.00 bits per heavy atom. The van der Waals surface area contributed by atoms with E-state index in [0.717, 1.165) is 31.0 Å². The molecule has 21 heavy (non-hydrogen) atoms. The first-order chi connectivity index (χ1) is 10.3. The summed E-state index contributed by atoms with van der Waals surface area (Å²) in [5, 5.41) is 0. The first-order valence-corrected chi connectivity index (χ1v) is 8.19. The molecule has 1 aliphatic heterocycles. The Morgan fingerprint density at radius 2 is 2.19 bits per heavy atom. The van der Waals surface area contributed by atoms with Gasteiger partial charge in [0.1, 0.15) is 5.75 Å². The third-order valence-corrected chi connectivity index (χ3v) is 6.04. The van der Waals surface area contributed by atoms with Gasteiger partial charge in [-0.2, -0.15) is 0 Å². The Morgan fingerprint density at radius 1 is 1.29 bits per heavy atom. The van der Waals surface area contributed by atoms with Gasteiger partial charge in [0.05, 0.1) is 7.11 Å². The van der Waals surface area contributed by atoms with Gasteiger partial charge in [-0.25, -0.2) is 0 Å². The lowest BCUT2D eigenvalue weighted by molar-refractivity contribution is -0.126. The van der Waals surface area contributed by atoms with E-state index in [2.05, 4.69) is 23.1 Å². The fourth-order valence-electron chi connectivity index (χ4n) is 5.14. The summed E-state index contributed by atoms with van der Waals surface area (Å²) in [6.07, 6.45) is 7.25. The van der Waals surface area contributed by atoms with Crippen molar-refractivity contribution in [2.75, 3.05) is 13.7 Å². The Labute approximate surface area is 126 Å². The second-order valence-electron chi connectivity index (χ2n) is 6.84. The number of ether oxygens (including phenoxy) is 1. The van der Waals surface area contributed by atoms with Crippen molar-refractivity contribution in [2.24, 2.45) is 11.8 Å². The normalized spacial score (nSPS) is 33.9. The van der Waals surface area contributed by atoms with Crippen LogP contribution in [0.15, 0.2) is 18.2 Å². The Hall–Kier alpha value is -1.51. The van der Waals surface area contributed by atoms with Crippen molar-refractivity contribution in [3.63, 3.8) is 0 Å². The van der Waals surface area contributed by atoms with Crippen LogP contribution in [-0.2, 0) is 11.2 Å². The molecule has 1 amide bonds. The highest BCUT2D eigenvalue weighted by molar-refractivity contribution is 5.50. The summed E-state index contributed by atoms with van der Waals surface area (Å²) >= 11 is 0. The maximum absolute atomic E-state index is 11.5.